The van der Waals surface area contributed by atoms with Crippen molar-refractivity contribution in [3.8, 4) is 0 Å². The van der Waals surface area contributed by atoms with Crippen molar-refractivity contribution in [2.75, 3.05) is 5.32 Å². The first kappa shape index (κ1) is 14.4. The normalized spacial score (nSPS) is 13.0. The topological polar surface area (TPSA) is 24.9 Å². The van der Waals surface area contributed by atoms with E-state index in [2.05, 4.69) is 10.3 Å². The summed E-state index contributed by atoms with van der Waals surface area (Å²) in [5, 5.41) is 2.91. The monoisotopic (exact) mass is 280 g/mol. The van der Waals surface area contributed by atoms with Crippen LogP contribution in [0.15, 0.2) is 48.8 Å². The number of alkyl halides is 3. The molecule has 2 nitrogen and oxygen atoms in total. The second kappa shape index (κ2) is 5.94. The number of nitrogens with zero attached hydrogens (tertiary/aromatic N) is 1. The molecule has 1 heterocycles. The van der Waals surface area contributed by atoms with Gasteiger partial charge in [-0.3, -0.25) is 4.98 Å². The van der Waals surface area contributed by atoms with E-state index in [9.17, 15) is 13.2 Å². The Bertz CT molecular complexity index is 553. The molecule has 20 heavy (non-hydrogen) atoms. The van der Waals surface area contributed by atoms with Crippen molar-refractivity contribution in [3.63, 3.8) is 0 Å². The van der Waals surface area contributed by atoms with Crippen LogP contribution in [0, 0.1) is 6.92 Å². The van der Waals surface area contributed by atoms with Crippen LogP contribution in [-0.2, 0) is 0 Å². The molecule has 0 aliphatic heterocycles. The predicted molar refractivity (Wildman–Crippen MR) is 72.5 cm³/mol. The summed E-state index contributed by atoms with van der Waals surface area (Å²) in [5.74, 6) is 0. The van der Waals surface area contributed by atoms with E-state index in [1.54, 1.807) is 42.6 Å². The molecule has 0 amide bonds. The van der Waals surface area contributed by atoms with Gasteiger partial charge in [0.05, 0.1) is 18.2 Å². The van der Waals surface area contributed by atoms with Crippen molar-refractivity contribution in [2.45, 2.75) is 25.6 Å². The first-order valence-corrected chi connectivity index (χ1v) is 6.24. The summed E-state index contributed by atoms with van der Waals surface area (Å²) in [4.78, 5) is 3.98. The van der Waals surface area contributed by atoms with Gasteiger partial charge in [0.1, 0.15) is 0 Å². The van der Waals surface area contributed by atoms with E-state index in [4.69, 9.17) is 0 Å². The van der Waals surface area contributed by atoms with Gasteiger partial charge in [-0.1, -0.05) is 30.3 Å². The molecule has 0 saturated carbocycles. The molecule has 0 aliphatic rings. The molecule has 0 radical (unpaired) electrons. The second-order valence-corrected chi connectivity index (χ2v) is 4.68. The molecule has 5 heteroatoms. The number of hydrogen-bond donors (Lipinski definition) is 1. The average molecular weight is 280 g/mol. The second-order valence-electron chi connectivity index (χ2n) is 4.68. The fourth-order valence-corrected chi connectivity index (χ4v) is 2.00. The highest BCUT2D eigenvalue weighted by Gasteiger charge is 2.32. The summed E-state index contributed by atoms with van der Waals surface area (Å²) in [6.07, 6.45) is -1.97. The summed E-state index contributed by atoms with van der Waals surface area (Å²) in [6.45, 7) is 1.85. The quantitative estimate of drug-likeness (QED) is 0.892. The predicted octanol–water partition coefficient (Wildman–Crippen LogP) is 4.50. The molecule has 0 aliphatic carbocycles. The highest BCUT2D eigenvalue weighted by Crippen LogP contribution is 2.32. The third kappa shape index (κ3) is 4.26. The third-order valence-electron chi connectivity index (χ3n) is 2.85. The van der Waals surface area contributed by atoms with Crippen LogP contribution in [0.3, 0.4) is 0 Å². The van der Waals surface area contributed by atoms with Crippen LogP contribution in [0.4, 0.5) is 18.9 Å². The Balaban J connectivity index is 2.23. The van der Waals surface area contributed by atoms with Gasteiger partial charge in [-0.25, -0.2) is 0 Å². The molecule has 1 N–H and O–H groups in total. The van der Waals surface area contributed by atoms with Crippen molar-refractivity contribution in [1.29, 1.82) is 0 Å². The van der Waals surface area contributed by atoms with Gasteiger partial charge in [-0.05, 0) is 24.1 Å². The number of aryl methyl sites for hydroxylation is 1. The summed E-state index contributed by atoms with van der Waals surface area (Å²) in [7, 11) is 0. The van der Waals surface area contributed by atoms with Crippen LogP contribution in [0.5, 0.6) is 0 Å². The Labute approximate surface area is 115 Å². The lowest BCUT2D eigenvalue weighted by molar-refractivity contribution is -0.137. The van der Waals surface area contributed by atoms with Gasteiger partial charge in [-0.15, -0.1) is 0 Å². The van der Waals surface area contributed by atoms with E-state index in [1.807, 2.05) is 6.92 Å². The maximum absolute atomic E-state index is 12.7. The molecule has 1 atom stereocenters. The standard InChI is InChI=1S/C15H15F3N2/c1-11-7-13(10-19-9-11)20-14(8-15(16,17)18)12-5-3-2-4-6-12/h2-7,9-10,14,20H,8H2,1H3. The number of anilines is 1. The minimum atomic E-state index is -4.23. The summed E-state index contributed by atoms with van der Waals surface area (Å²) in [5.41, 5.74) is 2.09. The Morgan fingerprint density at radius 1 is 1.15 bits per heavy atom. The van der Waals surface area contributed by atoms with Gasteiger partial charge in [-0.2, -0.15) is 13.2 Å². The molecule has 1 aromatic heterocycles. The lowest BCUT2D eigenvalue weighted by atomic mass is 10.0. The maximum atomic E-state index is 12.7. The number of hydrogen-bond acceptors (Lipinski definition) is 2. The zero-order valence-electron chi connectivity index (χ0n) is 11.0. The maximum Gasteiger partial charge on any atom is 0.391 e. The number of rotatable bonds is 4. The van der Waals surface area contributed by atoms with Crippen molar-refractivity contribution < 1.29 is 13.2 Å². The molecule has 106 valence electrons. The average Bonchev–Trinajstić information content (AvgIpc) is 2.37. The summed E-state index contributed by atoms with van der Waals surface area (Å²) < 4.78 is 38.2. The summed E-state index contributed by atoms with van der Waals surface area (Å²) >= 11 is 0. The molecular formula is C15H15F3N2. The van der Waals surface area contributed by atoms with Gasteiger partial charge in [0, 0.05) is 12.4 Å². The van der Waals surface area contributed by atoms with Gasteiger partial charge >= 0.3 is 6.18 Å². The van der Waals surface area contributed by atoms with Gasteiger partial charge in [0.15, 0.2) is 0 Å². The molecule has 2 aromatic rings. The minimum Gasteiger partial charge on any atom is -0.377 e. The van der Waals surface area contributed by atoms with Gasteiger partial charge in [0.2, 0.25) is 0 Å². The van der Waals surface area contributed by atoms with E-state index < -0.39 is 18.6 Å². The molecule has 1 aromatic carbocycles. The Morgan fingerprint density at radius 2 is 1.85 bits per heavy atom. The van der Waals surface area contributed by atoms with Crippen LogP contribution in [0.25, 0.3) is 0 Å². The first-order chi connectivity index (χ1) is 9.44. The molecule has 0 spiro atoms. The number of nitrogens with one attached hydrogen (secondary N) is 1. The highest BCUT2D eigenvalue weighted by molar-refractivity contribution is 5.45. The Morgan fingerprint density at radius 3 is 2.45 bits per heavy atom. The SMILES string of the molecule is Cc1cncc(NC(CC(F)(F)F)c2ccccc2)c1. The van der Waals surface area contributed by atoms with Crippen LogP contribution in [0.1, 0.15) is 23.6 Å². The van der Waals surface area contributed by atoms with Crippen LogP contribution in [0.2, 0.25) is 0 Å². The van der Waals surface area contributed by atoms with Crippen molar-refractivity contribution in [3.05, 3.63) is 59.9 Å². The van der Waals surface area contributed by atoms with E-state index in [0.717, 1.165) is 5.56 Å². The lowest BCUT2D eigenvalue weighted by Crippen LogP contribution is -2.20. The summed E-state index contributed by atoms with van der Waals surface area (Å²) in [6, 6.07) is 9.57. The number of benzene rings is 1. The first-order valence-electron chi connectivity index (χ1n) is 6.24. The molecule has 0 fully saturated rings. The minimum absolute atomic E-state index is 0.586. The largest absolute Gasteiger partial charge is 0.391 e. The fraction of sp³-hybridized carbons (Fsp3) is 0.267. The third-order valence-corrected chi connectivity index (χ3v) is 2.85. The Kier molecular flexibility index (Phi) is 4.27. The molecule has 1 unspecified atom stereocenters. The lowest BCUT2D eigenvalue weighted by Gasteiger charge is -2.21. The molecule has 2 rings (SSSR count). The fourth-order valence-electron chi connectivity index (χ4n) is 2.00. The van der Waals surface area contributed by atoms with E-state index in [0.29, 0.717) is 11.3 Å². The van der Waals surface area contributed by atoms with E-state index in [1.165, 1.54) is 6.20 Å². The van der Waals surface area contributed by atoms with Crippen molar-refractivity contribution >= 4 is 5.69 Å². The van der Waals surface area contributed by atoms with E-state index in [-0.39, 0.29) is 0 Å². The van der Waals surface area contributed by atoms with Crippen molar-refractivity contribution in [2.24, 2.45) is 0 Å². The molecule has 0 saturated heterocycles. The number of halogens is 3. The molecule has 0 bridgehead atoms. The van der Waals surface area contributed by atoms with Gasteiger partial charge in [0.25, 0.3) is 0 Å². The van der Waals surface area contributed by atoms with E-state index >= 15 is 0 Å². The number of pyridine rings is 1. The van der Waals surface area contributed by atoms with Crippen LogP contribution >= 0.6 is 0 Å². The Hall–Kier alpha value is -2.04. The highest BCUT2D eigenvalue weighted by atomic mass is 19.4. The van der Waals surface area contributed by atoms with Gasteiger partial charge < -0.3 is 5.32 Å². The number of aromatic nitrogens is 1. The zero-order chi connectivity index (χ0) is 14.6. The van der Waals surface area contributed by atoms with Crippen LogP contribution in [-0.4, -0.2) is 11.2 Å². The smallest absolute Gasteiger partial charge is 0.377 e. The van der Waals surface area contributed by atoms with Crippen molar-refractivity contribution in [1.82, 2.24) is 4.98 Å². The molecular weight excluding hydrogens is 265 g/mol. The van der Waals surface area contributed by atoms with Crippen LogP contribution < -0.4 is 5.32 Å². The zero-order valence-corrected chi connectivity index (χ0v) is 11.0.